The first-order valence-corrected chi connectivity index (χ1v) is 15.5. The lowest BCUT2D eigenvalue weighted by Gasteiger charge is -2.23. The Morgan fingerprint density at radius 1 is 1.09 bits per heavy atom. The summed E-state index contributed by atoms with van der Waals surface area (Å²) in [6.07, 6.45) is 5.91. The molecule has 0 N–H and O–H groups in total. The molecule has 2 aliphatic heterocycles. The molecule has 0 saturated heterocycles. The van der Waals surface area contributed by atoms with Gasteiger partial charge in [-0.05, 0) is 62.8 Å². The number of rotatable bonds is 11. The van der Waals surface area contributed by atoms with Crippen LogP contribution in [-0.2, 0) is 26.1 Å². The third kappa shape index (κ3) is 6.01. The van der Waals surface area contributed by atoms with Crippen molar-refractivity contribution < 1.29 is 28.4 Å². The monoisotopic (exact) mass is 662 g/mol. The van der Waals surface area contributed by atoms with Crippen molar-refractivity contribution in [2.45, 2.75) is 26.1 Å². The van der Waals surface area contributed by atoms with Crippen molar-refractivity contribution in [3.63, 3.8) is 0 Å². The first-order chi connectivity index (χ1) is 22.4. The highest BCUT2D eigenvalue weighted by atomic mass is 35.5. The van der Waals surface area contributed by atoms with Crippen LogP contribution >= 0.6 is 23.2 Å². The summed E-state index contributed by atoms with van der Waals surface area (Å²) in [7, 11) is 1.64. The summed E-state index contributed by atoms with van der Waals surface area (Å²) in [5.74, 6) is 2.70. The van der Waals surface area contributed by atoms with Gasteiger partial charge in [0.25, 0.3) is 0 Å². The highest BCUT2D eigenvalue weighted by molar-refractivity contribution is 6.42. The fourth-order valence-electron chi connectivity index (χ4n) is 5.97. The van der Waals surface area contributed by atoms with E-state index in [-0.39, 0.29) is 12.6 Å². The molecule has 4 heterocycles. The summed E-state index contributed by atoms with van der Waals surface area (Å²) in [6, 6.07) is 15.9. The van der Waals surface area contributed by atoms with Gasteiger partial charge in [0.2, 0.25) is 18.8 Å². The third-order valence-electron chi connectivity index (χ3n) is 8.32. The molecule has 13 heteroatoms. The van der Waals surface area contributed by atoms with Crippen LogP contribution in [0, 0.1) is 10.1 Å². The molecule has 5 aromatic rings. The van der Waals surface area contributed by atoms with Gasteiger partial charge in [-0.15, -0.1) is 0 Å². The maximum absolute atomic E-state index is 11.1. The summed E-state index contributed by atoms with van der Waals surface area (Å²) >= 11 is 12.5. The summed E-state index contributed by atoms with van der Waals surface area (Å²) in [5, 5.41) is 14.1. The average molecular weight is 664 g/mol. The molecule has 0 radical (unpaired) electrons. The predicted molar refractivity (Wildman–Crippen MR) is 172 cm³/mol. The van der Waals surface area contributed by atoms with Crippen LogP contribution in [0.15, 0.2) is 67.3 Å². The Labute approximate surface area is 274 Å². The van der Waals surface area contributed by atoms with Crippen molar-refractivity contribution in [1.82, 2.24) is 14.5 Å². The number of imidazole rings is 1. The van der Waals surface area contributed by atoms with E-state index < -0.39 is 4.92 Å². The molecule has 0 aliphatic carbocycles. The van der Waals surface area contributed by atoms with Crippen molar-refractivity contribution >= 4 is 39.8 Å². The van der Waals surface area contributed by atoms with Gasteiger partial charge in [-0.1, -0.05) is 29.3 Å². The number of methoxy groups -OCH3 is 1. The lowest BCUT2D eigenvalue weighted by molar-refractivity contribution is -0.686. The Morgan fingerprint density at radius 2 is 1.93 bits per heavy atom. The Morgan fingerprint density at radius 3 is 2.72 bits per heavy atom. The lowest BCUT2D eigenvalue weighted by Crippen LogP contribution is -2.40. The minimum atomic E-state index is -0.501. The average Bonchev–Trinajstić information content (AvgIpc) is 3.73. The topological polar surface area (TPSA) is 105 Å². The second-order valence-electron chi connectivity index (χ2n) is 11.2. The SMILES string of the molecule is COc1ccc2cc3[n+](cc2c1OCCN(CCn1cnc([N+](=O)[O-])c1)Cc1ccc(Cl)c(Cl)c1)CCc1cc2c(cc1-3)OCO2. The summed E-state index contributed by atoms with van der Waals surface area (Å²) < 4.78 is 27.5. The Balaban J connectivity index is 1.13. The smallest absolute Gasteiger partial charge is 0.381 e. The lowest BCUT2D eigenvalue weighted by atomic mass is 9.95. The molecular formula is C33H30Cl2N5O6+. The molecule has 2 aliphatic rings. The van der Waals surface area contributed by atoms with Crippen LogP contribution in [0.2, 0.25) is 10.0 Å². The first-order valence-electron chi connectivity index (χ1n) is 14.8. The van der Waals surface area contributed by atoms with E-state index in [0.29, 0.717) is 54.3 Å². The van der Waals surface area contributed by atoms with Crippen LogP contribution in [0.3, 0.4) is 0 Å². The molecular weight excluding hydrogens is 633 g/mol. The van der Waals surface area contributed by atoms with Gasteiger partial charge in [-0.25, -0.2) is 0 Å². The van der Waals surface area contributed by atoms with Gasteiger partial charge in [-0.3, -0.25) is 4.90 Å². The van der Waals surface area contributed by atoms with E-state index >= 15 is 0 Å². The Hall–Kier alpha value is -4.58. The van der Waals surface area contributed by atoms with Crippen LogP contribution in [0.1, 0.15) is 11.1 Å². The molecule has 46 heavy (non-hydrogen) atoms. The number of pyridine rings is 1. The zero-order valence-electron chi connectivity index (χ0n) is 24.9. The Kier molecular flexibility index (Phi) is 8.29. The van der Waals surface area contributed by atoms with Crippen molar-refractivity contribution in [2.24, 2.45) is 0 Å². The van der Waals surface area contributed by atoms with Gasteiger partial charge in [0.15, 0.2) is 35.7 Å². The molecule has 7 rings (SSSR count). The number of hydrogen-bond acceptors (Lipinski definition) is 8. The summed E-state index contributed by atoms with van der Waals surface area (Å²) in [5.41, 5.74) is 4.47. The van der Waals surface area contributed by atoms with Gasteiger partial charge < -0.3 is 33.6 Å². The predicted octanol–water partition coefficient (Wildman–Crippen LogP) is 6.08. The van der Waals surface area contributed by atoms with Gasteiger partial charge in [0, 0.05) is 38.7 Å². The molecule has 0 spiro atoms. The first kappa shape index (κ1) is 30.1. The minimum Gasteiger partial charge on any atom is -0.493 e. The maximum atomic E-state index is 11.1. The third-order valence-corrected chi connectivity index (χ3v) is 9.06. The highest BCUT2D eigenvalue weighted by Gasteiger charge is 2.29. The van der Waals surface area contributed by atoms with E-state index in [2.05, 4.69) is 38.8 Å². The number of aromatic nitrogens is 3. The number of benzene rings is 3. The van der Waals surface area contributed by atoms with E-state index in [1.54, 1.807) is 17.7 Å². The molecule has 0 fully saturated rings. The van der Waals surface area contributed by atoms with E-state index in [9.17, 15) is 10.1 Å². The molecule has 236 valence electrons. The van der Waals surface area contributed by atoms with Crippen molar-refractivity contribution in [3.8, 4) is 34.3 Å². The number of hydrogen-bond donors (Lipinski definition) is 0. The molecule has 2 aromatic heterocycles. The second kappa shape index (κ2) is 12.7. The maximum Gasteiger partial charge on any atom is 0.381 e. The van der Waals surface area contributed by atoms with Crippen LogP contribution < -0.4 is 23.5 Å². The molecule has 11 nitrogen and oxygen atoms in total. The summed E-state index contributed by atoms with van der Waals surface area (Å²) in [6.45, 7) is 3.66. The Bertz CT molecular complexity index is 1970. The van der Waals surface area contributed by atoms with E-state index in [4.69, 9.17) is 42.1 Å². The van der Waals surface area contributed by atoms with E-state index in [1.165, 1.54) is 18.1 Å². The molecule has 0 saturated carbocycles. The van der Waals surface area contributed by atoms with Gasteiger partial charge >= 0.3 is 5.82 Å². The largest absolute Gasteiger partial charge is 0.493 e. The number of nitrogens with zero attached hydrogens (tertiary/aromatic N) is 5. The molecule has 0 unspecified atom stereocenters. The van der Waals surface area contributed by atoms with E-state index in [1.807, 2.05) is 24.3 Å². The molecule has 0 bridgehead atoms. The minimum absolute atomic E-state index is 0.183. The number of nitro groups is 1. The quantitative estimate of drug-likeness (QED) is 0.0952. The zero-order chi connectivity index (χ0) is 31.8. The fourth-order valence-corrected chi connectivity index (χ4v) is 6.29. The number of aryl methyl sites for hydroxylation is 2. The zero-order valence-corrected chi connectivity index (χ0v) is 26.5. The second-order valence-corrected chi connectivity index (χ2v) is 12.0. The van der Waals surface area contributed by atoms with Crippen LogP contribution in [0.5, 0.6) is 23.0 Å². The van der Waals surface area contributed by atoms with Crippen molar-refractivity contribution in [1.29, 1.82) is 0 Å². The van der Waals surface area contributed by atoms with Crippen LogP contribution in [0.25, 0.3) is 22.0 Å². The number of ether oxygens (including phenoxy) is 4. The molecule has 0 atom stereocenters. The van der Waals surface area contributed by atoms with Gasteiger partial charge in [-0.2, -0.15) is 4.57 Å². The van der Waals surface area contributed by atoms with Crippen LogP contribution in [0.4, 0.5) is 5.82 Å². The number of halogens is 2. The van der Waals surface area contributed by atoms with E-state index in [0.717, 1.165) is 52.1 Å². The van der Waals surface area contributed by atoms with Gasteiger partial charge in [0.05, 0.1) is 28.1 Å². The normalized spacial score (nSPS) is 13.1. The van der Waals surface area contributed by atoms with Crippen molar-refractivity contribution in [2.75, 3.05) is 33.6 Å². The molecule has 0 amide bonds. The van der Waals surface area contributed by atoms with Gasteiger partial charge in [0.1, 0.15) is 12.8 Å². The fraction of sp³-hybridized carbons (Fsp3) is 0.273. The van der Waals surface area contributed by atoms with Crippen molar-refractivity contribution in [3.05, 3.63) is 98.5 Å². The summed E-state index contributed by atoms with van der Waals surface area (Å²) in [4.78, 5) is 16.7. The number of fused-ring (bicyclic) bond motifs is 5. The standard InChI is InChI=1S/C33H30Cl2N5O6/c1-43-29-5-3-22-13-28-24-15-31-30(45-20-46-31)14-23(24)6-7-39(28)17-25(22)33(29)44-11-10-37(16-21-2-4-26(34)27(35)12-21)8-9-38-18-32(36-19-38)40(41)42/h2-5,12-15,17-19H,6-11,16,20H2,1H3/q+1. The highest BCUT2D eigenvalue weighted by Crippen LogP contribution is 2.41. The molecule has 3 aromatic carbocycles. The van der Waals surface area contributed by atoms with Crippen LogP contribution in [-0.4, -0.2) is 53.0 Å².